The van der Waals surface area contributed by atoms with Crippen LogP contribution in [0, 0.1) is 0 Å². The zero-order valence-electron chi connectivity index (χ0n) is 10.7. The van der Waals surface area contributed by atoms with E-state index in [4.69, 9.17) is 4.42 Å². The molecular weight excluding hydrogens is 252 g/mol. The van der Waals surface area contributed by atoms with Crippen molar-refractivity contribution in [2.24, 2.45) is 0 Å². The Balaban J connectivity index is 1.72. The fourth-order valence-electron chi connectivity index (χ4n) is 2.37. The Hall–Kier alpha value is -2.82. The summed E-state index contributed by atoms with van der Waals surface area (Å²) in [5.41, 5.74) is 4.21. The third-order valence-electron chi connectivity index (χ3n) is 3.33. The van der Waals surface area contributed by atoms with Crippen LogP contribution >= 0.6 is 0 Å². The van der Waals surface area contributed by atoms with Gasteiger partial charge in [-0.1, -0.05) is 0 Å². The van der Waals surface area contributed by atoms with E-state index in [1.165, 1.54) is 0 Å². The second-order valence-electron chi connectivity index (χ2n) is 4.66. The molecule has 1 N–H and O–H groups in total. The van der Waals surface area contributed by atoms with E-state index in [0.29, 0.717) is 6.54 Å². The predicted molar refractivity (Wildman–Crippen MR) is 75.1 cm³/mol. The molecule has 4 rings (SSSR count). The van der Waals surface area contributed by atoms with Crippen LogP contribution in [0.15, 0.2) is 59.9 Å². The normalized spacial score (nSPS) is 11.2. The number of aromatic nitrogens is 4. The second kappa shape index (κ2) is 4.38. The minimum atomic E-state index is 0.706. The Kier molecular flexibility index (Phi) is 2.42. The van der Waals surface area contributed by atoms with Crippen LogP contribution < -0.4 is 0 Å². The van der Waals surface area contributed by atoms with Gasteiger partial charge < -0.3 is 9.40 Å². The van der Waals surface area contributed by atoms with E-state index >= 15 is 0 Å². The summed E-state index contributed by atoms with van der Waals surface area (Å²) in [5.74, 6) is 0. The number of hydrogen-bond acceptors (Lipinski definition) is 3. The number of rotatable bonds is 3. The Labute approximate surface area is 114 Å². The van der Waals surface area contributed by atoms with Crippen molar-refractivity contribution in [2.75, 3.05) is 0 Å². The molecule has 5 nitrogen and oxygen atoms in total. The Bertz CT molecular complexity index is 842. The highest BCUT2D eigenvalue weighted by Crippen LogP contribution is 2.26. The van der Waals surface area contributed by atoms with Crippen molar-refractivity contribution in [3.63, 3.8) is 0 Å². The van der Waals surface area contributed by atoms with Gasteiger partial charge in [-0.05, 0) is 23.8 Å². The molecule has 4 aromatic heterocycles. The van der Waals surface area contributed by atoms with Gasteiger partial charge in [0.15, 0.2) is 0 Å². The average Bonchev–Trinajstić information content (AvgIpc) is 3.19. The van der Waals surface area contributed by atoms with Crippen molar-refractivity contribution < 1.29 is 4.42 Å². The van der Waals surface area contributed by atoms with E-state index in [1.54, 1.807) is 12.5 Å². The third kappa shape index (κ3) is 1.80. The van der Waals surface area contributed by atoms with Gasteiger partial charge >= 0.3 is 0 Å². The summed E-state index contributed by atoms with van der Waals surface area (Å²) >= 11 is 0. The molecule has 0 bridgehead atoms. The molecule has 0 aliphatic carbocycles. The van der Waals surface area contributed by atoms with Gasteiger partial charge in [-0.25, -0.2) is 4.98 Å². The first-order chi connectivity index (χ1) is 9.90. The van der Waals surface area contributed by atoms with E-state index < -0.39 is 0 Å². The lowest BCUT2D eigenvalue weighted by molar-refractivity contribution is 0.559. The maximum atomic E-state index is 5.07. The number of pyridine rings is 1. The van der Waals surface area contributed by atoms with Gasteiger partial charge in [0, 0.05) is 35.1 Å². The van der Waals surface area contributed by atoms with Gasteiger partial charge in [-0.3, -0.25) is 4.68 Å². The number of aromatic amines is 1. The number of furan rings is 1. The molecule has 0 saturated heterocycles. The first-order valence-corrected chi connectivity index (χ1v) is 6.36. The molecular formula is C15H12N4O. The first-order valence-electron chi connectivity index (χ1n) is 6.36. The molecule has 20 heavy (non-hydrogen) atoms. The number of hydrogen-bond donors (Lipinski definition) is 1. The molecule has 0 unspecified atom stereocenters. The third-order valence-corrected chi connectivity index (χ3v) is 3.33. The quantitative estimate of drug-likeness (QED) is 0.618. The summed E-state index contributed by atoms with van der Waals surface area (Å²) < 4.78 is 6.97. The van der Waals surface area contributed by atoms with E-state index in [0.717, 1.165) is 27.7 Å². The van der Waals surface area contributed by atoms with Crippen LogP contribution in [-0.2, 0) is 6.54 Å². The number of nitrogens with one attached hydrogen (secondary N) is 1. The maximum absolute atomic E-state index is 5.07. The number of H-pyrrole nitrogens is 1. The average molecular weight is 264 g/mol. The second-order valence-corrected chi connectivity index (χ2v) is 4.66. The molecule has 0 aliphatic heterocycles. The summed E-state index contributed by atoms with van der Waals surface area (Å²) in [6.07, 6.45) is 11.0. The molecule has 4 aromatic rings. The standard InChI is InChI=1S/C15H12N4O/c1-4-16-15-14(2-5-17-15)13(1)12-7-18-19(9-12)8-11-3-6-20-10-11/h1-7,9-10H,8H2,(H,16,17). The smallest absolute Gasteiger partial charge is 0.137 e. The maximum Gasteiger partial charge on any atom is 0.137 e. The lowest BCUT2D eigenvalue weighted by Gasteiger charge is -1.99. The van der Waals surface area contributed by atoms with Crippen molar-refractivity contribution in [1.82, 2.24) is 19.7 Å². The molecule has 0 atom stereocenters. The Morgan fingerprint density at radius 1 is 1.25 bits per heavy atom. The summed E-state index contributed by atoms with van der Waals surface area (Å²) in [6.45, 7) is 0.706. The van der Waals surface area contributed by atoms with Crippen molar-refractivity contribution >= 4 is 11.0 Å². The zero-order chi connectivity index (χ0) is 13.4. The van der Waals surface area contributed by atoms with E-state index in [-0.39, 0.29) is 0 Å². The predicted octanol–water partition coefficient (Wildman–Crippen LogP) is 3.07. The van der Waals surface area contributed by atoms with Gasteiger partial charge in [-0.15, -0.1) is 0 Å². The van der Waals surface area contributed by atoms with Crippen LogP contribution in [0.4, 0.5) is 0 Å². The van der Waals surface area contributed by atoms with Gasteiger partial charge in [0.25, 0.3) is 0 Å². The minimum Gasteiger partial charge on any atom is -0.472 e. The van der Waals surface area contributed by atoms with Gasteiger partial charge in [0.05, 0.1) is 25.3 Å². The molecule has 0 saturated carbocycles. The Morgan fingerprint density at radius 3 is 3.15 bits per heavy atom. The molecule has 0 fully saturated rings. The molecule has 0 aliphatic rings. The van der Waals surface area contributed by atoms with Crippen LogP contribution in [0.5, 0.6) is 0 Å². The fraction of sp³-hybridized carbons (Fsp3) is 0.0667. The van der Waals surface area contributed by atoms with E-state index in [9.17, 15) is 0 Å². The molecule has 4 heterocycles. The van der Waals surface area contributed by atoms with Crippen molar-refractivity contribution in [3.8, 4) is 11.1 Å². The summed E-state index contributed by atoms with van der Waals surface area (Å²) in [5, 5.41) is 5.51. The van der Waals surface area contributed by atoms with Crippen molar-refractivity contribution in [3.05, 3.63) is 61.1 Å². The van der Waals surface area contributed by atoms with Crippen LogP contribution in [0.25, 0.3) is 22.2 Å². The summed E-state index contributed by atoms with van der Waals surface area (Å²) in [4.78, 5) is 7.42. The molecule has 98 valence electrons. The lowest BCUT2D eigenvalue weighted by atomic mass is 10.1. The highest BCUT2D eigenvalue weighted by molar-refractivity contribution is 5.92. The SMILES string of the molecule is c1cc(-c2cnn(Cc3ccoc3)c2)c2cc[nH]c2n1. The van der Waals surface area contributed by atoms with Crippen LogP contribution in [0.1, 0.15) is 5.56 Å². The summed E-state index contributed by atoms with van der Waals surface area (Å²) in [7, 11) is 0. The minimum absolute atomic E-state index is 0.706. The van der Waals surface area contributed by atoms with Crippen LogP contribution in [0.2, 0.25) is 0 Å². The van der Waals surface area contributed by atoms with Gasteiger partial charge in [0.2, 0.25) is 0 Å². The van der Waals surface area contributed by atoms with Gasteiger partial charge in [-0.2, -0.15) is 5.10 Å². The monoisotopic (exact) mass is 264 g/mol. The van der Waals surface area contributed by atoms with Gasteiger partial charge in [0.1, 0.15) is 5.65 Å². The fourth-order valence-corrected chi connectivity index (χ4v) is 2.37. The zero-order valence-corrected chi connectivity index (χ0v) is 10.7. The molecule has 0 radical (unpaired) electrons. The molecule has 0 spiro atoms. The largest absolute Gasteiger partial charge is 0.472 e. The van der Waals surface area contributed by atoms with Crippen molar-refractivity contribution in [2.45, 2.75) is 6.54 Å². The van der Waals surface area contributed by atoms with E-state index in [1.807, 2.05) is 47.7 Å². The van der Waals surface area contributed by atoms with Crippen LogP contribution in [-0.4, -0.2) is 19.7 Å². The van der Waals surface area contributed by atoms with Crippen LogP contribution in [0.3, 0.4) is 0 Å². The van der Waals surface area contributed by atoms with Crippen molar-refractivity contribution in [1.29, 1.82) is 0 Å². The number of nitrogens with zero attached hydrogens (tertiary/aromatic N) is 3. The molecule has 0 amide bonds. The highest BCUT2D eigenvalue weighted by atomic mass is 16.3. The molecule has 0 aromatic carbocycles. The lowest BCUT2D eigenvalue weighted by Crippen LogP contribution is -1.97. The summed E-state index contributed by atoms with van der Waals surface area (Å²) in [6, 6.07) is 5.98. The number of fused-ring (bicyclic) bond motifs is 1. The topological polar surface area (TPSA) is 59.6 Å². The Morgan fingerprint density at radius 2 is 2.25 bits per heavy atom. The first kappa shape index (κ1) is 11.0. The van der Waals surface area contributed by atoms with E-state index in [2.05, 4.69) is 15.1 Å². The highest BCUT2D eigenvalue weighted by Gasteiger charge is 2.08. The molecule has 5 heteroatoms.